The largest absolute Gasteiger partial charge is 0.383 e. The molecule has 3 rings (SSSR count). The smallest absolute Gasteiger partial charge is 0.191 e. The van der Waals surface area contributed by atoms with E-state index >= 15 is 0 Å². The number of H-pyrrole nitrogens is 1. The summed E-state index contributed by atoms with van der Waals surface area (Å²) in [6, 6.07) is 5.36. The van der Waals surface area contributed by atoms with Crippen molar-refractivity contribution in [1.29, 1.82) is 0 Å². The van der Waals surface area contributed by atoms with Gasteiger partial charge in [-0.25, -0.2) is 4.39 Å². The fourth-order valence-electron chi connectivity index (χ4n) is 3.74. The van der Waals surface area contributed by atoms with E-state index in [0.29, 0.717) is 6.04 Å². The van der Waals surface area contributed by atoms with Crippen molar-refractivity contribution in [2.45, 2.75) is 25.3 Å². The lowest BCUT2D eigenvalue weighted by Gasteiger charge is -2.25. The van der Waals surface area contributed by atoms with Crippen LogP contribution < -0.4 is 10.6 Å². The predicted octanol–water partition coefficient (Wildman–Crippen LogP) is 2.13. The summed E-state index contributed by atoms with van der Waals surface area (Å²) in [5, 5.41) is 7.73. The van der Waals surface area contributed by atoms with Gasteiger partial charge in [0.2, 0.25) is 0 Å². The van der Waals surface area contributed by atoms with Gasteiger partial charge in [0, 0.05) is 56.9 Å². The van der Waals surface area contributed by atoms with Crippen molar-refractivity contribution in [2.24, 2.45) is 4.99 Å². The molecule has 1 aromatic heterocycles. The number of guanidine groups is 1. The Bertz CT molecular complexity index is 760. The molecule has 1 atom stereocenters. The number of methoxy groups -OCH3 is 1. The van der Waals surface area contributed by atoms with E-state index in [9.17, 15) is 4.39 Å². The first-order valence-corrected chi connectivity index (χ1v) is 9.64. The van der Waals surface area contributed by atoms with Crippen LogP contribution >= 0.6 is 0 Å². The third-order valence-corrected chi connectivity index (χ3v) is 5.23. The molecule has 1 fully saturated rings. The molecule has 0 amide bonds. The average Bonchev–Trinajstić information content (AvgIpc) is 3.29. The number of likely N-dealkylation sites (tertiary alicyclic amines) is 1. The van der Waals surface area contributed by atoms with Crippen LogP contribution in [0.25, 0.3) is 10.9 Å². The average molecular weight is 375 g/mol. The molecule has 148 valence electrons. The molecule has 0 spiro atoms. The van der Waals surface area contributed by atoms with Crippen molar-refractivity contribution in [2.75, 3.05) is 46.9 Å². The standard InChI is InChI=1S/C20H30FN5O/c1-22-20(25-14-17-4-3-9-26(17)10-11-27-2)23-8-7-15-13-24-19-6-5-16(21)12-18(15)19/h5-6,12-13,17,24H,3-4,7-11,14H2,1-2H3,(H2,22,23,25). The molecule has 0 radical (unpaired) electrons. The molecule has 1 aliphatic rings. The van der Waals surface area contributed by atoms with Crippen LogP contribution in [0.1, 0.15) is 18.4 Å². The quantitative estimate of drug-likeness (QED) is 0.489. The molecule has 2 heterocycles. The molecule has 2 aromatic rings. The Labute approximate surface area is 160 Å². The molecular formula is C20H30FN5O. The maximum absolute atomic E-state index is 13.5. The van der Waals surface area contributed by atoms with Gasteiger partial charge in [-0.2, -0.15) is 0 Å². The van der Waals surface area contributed by atoms with Gasteiger partial charge in [-0.3, -0.25) is 9.89 Å². The van der Waals surface area contributed by atoms with Crippen molar-refractivity contribution in [3.05, 3.63) is 35.8 Å². The van der Waals surface area contributed by atoms with Crippen molar-refractivity contribution >= 4 is 16.9 Å². The minimum absolute atomic E-state index is 0.205. The molecule has 0 bridgehead atoms. The van der Waals surface area contributed by atoms with Crippen LogP contribution in [0.15, 0.2) is 29.4 Å². The second-order valence-corrected chi connectivity index (χ2v) is 6.96. The van der Waals surface area contributed by atoms with Crippen LogP contribution in [0, 0.1) is 5.82 Å². The molecule has 27 heavy (non-hydrogen) atoms. The Morgan fingerprint density at radius 3 is 3.11 bits per heavy atom. The lowest BCUT2D eigenvalue weighted by molar-refractivity contribution is 0.141. The van der Waals surface area contributed by atoms with E-state index in [1.165, 1.54) is 18.9 Å². The highest BCUT2D eigenvalue weighted by Gasteiger charge is 2.23. The lowest BCUT2D eigenvalue weighted by atomic mass is 10.1. The second kappa shape index (κ2) is 9.71. The topological polar surface area (TPSA) is 64.7 Å². The Hall–Kier alpha value is -2.12. The summed E-state index contributed by atoms with van der Waals surface area (Å²) in [5.41, 5.74) is 2.07. The molecule has 1 saturated heterocycles. The summed E-state index contributed by atoms with van der Waals surface area (Å²) in [6.45, 7) is 4.50. The molecule has 3 N–H and O–H groups in total. The molecule has 0 saturated carbocycles. The first-order chi connectivity index (χ1) is 13.2. The Kier molecular flexibility index (Phi) is 7.06. The highest BCUT2D eigenvalue weighted by molar-refractivity contribution is 5.83. The maximum atomic E-state index is 13.5. The van der Waals surface area contributed by atoms with Crippen LogP contribution in [0.4, 0.5) is 4.39 Å². The molecule has 0 aliphatic carbocycles. The van der Waals surface area contributed by atoms with E-state index in [0.717, 1.165) is 61.6 Å². The maximum Gasteiger partial charge on any atom is 0.191 e. The number of aromatic nitrogens is 1. The lowest BCUT2D eigenvalue weighted by Crippen LogP contribution is -2.45. The van der Waals surface area contributed by atoms with E-state index in [1.807, 2.05) is 6.20 Å². The molecule has 1 aliphatic heterocycles. The number of nitrogens with one attached hydrogen (secondary N) is 3. The van der Waals surface area contributed by atoms with Gasteiger partial charge in [0.15, 0.2) is 5.96 Å². The van der Waals surface area contributed by atoms with Gasteiger partial charge in [0.05, 0.1) is 6.61 Å². The molecular weight excluding hydrogens is 345 g/mol. The first-order valence-electron chi connectivity index (χ1n) is 9.64. The number of benzene rings is 1. The zero-order chi connectivity index (χ0) is 19.1. The number of ether oxygens (including phenoxy) is 1. The monoisotopic (exact) mass is 375 g/mol. The zero-order valence-corrected chi connectivity index (χ0v) is 16.2. The Morgan fingerprint density at radius 1 is 1.41 bits per heavy atom. The van der Waals surface area contributed by atoms with Gasteiger partial charge >= 0.3 is 0 Å². The summed E-state index contributed by atoms with van der Waals surface area (Å²) < 4.78 is 18.7. The summed E-state index contributed by atoms with van der Waals surface area (Å²) >= 11 is 0. The van der Waals surface area contributed by atoms with E-state index in [4.69, 9.17) is 4.74 Å². The molecule has 1 unspecified atom stereocenters. The zero-order valence-electron chi connectivity index (χ0n) is 16.2. The van der Waals surface area contributed by atoms with Crippen molar-refractivity contribution < 1.29 is 9.13 Å². The minimum Gasteiger partial charge on any atom is -0.383 e. The number of nitrogens with zero attached hydrogens (tertiary/aromatic N) is 2. The van der Waals surface area contributed by atoms with Crippen LogP contribution in [-0.2, 0) is 11.2 Å². The van der Waals surface area contributed by atoms with Crippen LogP contribution in [0.2, 0.25) is 0 Å². The summed E-state index contributed by atoms with van der Waals surface area (Å²) in [6.07, 6.45) is 5.19. The predicted molar refractivity (Wildman–Crippen MR) is 108 cm³/mol. The number of hydrogen-bond donors (Lipinski definition) is 3. The summed E-state index contributed by atoms with van der Waals surface area (Å²) in [4.78, 5) is 9.99. The third kappa shape index (κ3) is 5.20. The summed E-state index contributed by atoms with van der Waals surface area (Å²) in [5.74, 6) is 0.600. The van der Waals surface area contributed by atoms with Crippen LogP contribution in [0.3, 0.4) is 0 Å². The number of hydrogen-bond acceptors (Lipinski definition) is 3. The number of halogens is 1. The molecule has 6 nitrogen and oxygen atoms in total. The second-order valence-electron chi connectivity index (χ2n) is 6.96. The number of fused-ring (bicyclic) bond motifs is 1. The van der Waals surface area contributed by atoms with E-state index in [1.54, 1.807) is 26.3 Å². The fourth-order valence-corrected chi connectivity index (χ4v) is 3.74. The van der Waals surface area contributed by atoms with Crippen molar-refractivity contribution in [3.8, 4) is 0 Å². The first kappa shape index (κ1) is 19.6. The third-order valence-electron chi connectivity index (χ3n) is 5.23. The van der Waals surface area contributed by atoms with Gasteiger partial charge in [-0.1, -0.05) is 0 Å². The Balaban J connectivity index is 1.46. The molecule has 1 aromatic carbocycles. The van der Waals surface area contributed by atoms with Gasteiger partial charge in [0.25, 0.3) is 0 Å². The van der Waals surface area contributed by atoms with E-state index < -0.39 is 0 Å². The highest BCUT2D eigenvalue weighted by atomic mass is 19.1. The highest BCUT2D eigenvalue weighted by Crippen LogP contribution is 2.19. The van der Waals surface area contributed by atoms with E-state index in [2.05, 4.69) is 25.5 Å². The van der Waals surface area contributed by atoms with Gasteiger partial charge in [-0.15, -0.1) is 0 Å². The van der Waals surface area contributed by atoms with Crippen LogP contribution in [-0.4, -0.2) is 68.8 Å². The van der Waals surface area contributed by atoms with E-state index in [-0.39, 0.29) is 5.82 Å². The van der Waals surface area contributed by atoms with Crippen molar-refractivity contribution in [3.63, 3.8) is 0 Å². The van der Waals surface area contributed by atoms with Crippen LogP contribution in [0.5, 0.6) is 0 Å². The van der Waals surface area contributed by atoms with Gasteiger partial charge in [-0.05, 0) is 49.6 Å². The number of aromatic amines is 1. The molecule has 7 heteroatoms. The minimum atomic E-state index is -0.205. The van der Waals surface area contributed by atoms with Gasteiger partial charge in [0.1, 0.15) is 5.82 Å². The SMILES string of the molecule is CN=C(NCCc1c[nH]c2ccc(F)cc12)NCC1CCCN1CCOC. The fraction of sp³-hybridized carbons (Fsp3) is 0.550. The van der Waals surface area contributed by atoms with Gasteiger partial charge < -0.3 is 20.4 Å². The van der Waals surface area contributed by atoms with Crippen molar-refractivity contribution in [1.82, 2.24) is 20.5 Å². The number of rotatable bonds is 8. The number of aliphatic imine (C=N–C) groups is 1. The normalized spacial score (nSPS) is 18.3. The Morgan fingerprint density at radius 2 is 2.30 bits per heavy atom. The summed E-state index contributed by atoms with van der Waals surface area (Å²) in [7, 11) is 3.53.